The topological polar surface area (TPSA) is 114 Å². The van der Waals surface area contributed by atoms with Gasteiger partial charge in [0, 0.05) is 19.2 Å². The van der Waals surface area contributed by atoms with E-state index in [9.17, 15) is 20.0 Å². The Bertz CT molecular complexity index is 743. The van der Waals surface area contributed by atoms with Crippen molar-refractivity contribution in [3.63, 3.8) is 0 Å². The molecular formula is C13H15N5O4. The number of rotatable bonds is 3. The van der Waals surface area contributed by atoms with Gasteiger partial charge in [-0.1, -0.05) is 16.5 Å². The lowest BCUT2D eigenvalue weighted by Gasteiger charge is -2.34. The average molecular weight is 305 g/mol. The molecule has 0 spiro atoms. The van der Waals surface area contributed by atoms with Crippen molar-refractivity contribution in [3.8, 4) is 0 Å². The highest BCUT2D eigenvalue weighted by Gasteiger charge is 2.31. The van der Waals surface area contributed by atoms with Crippen molar-refractivity contribution in [1.29, 1.82) is 0 Å². The predicted molar refractivity (Wildman–Crippen MR) is 76.8 cm³/mol. The van der Waals surface area contributed by atoms with E-state index in [0.29, 0.717) is 31.0 Å². The number of nitro groups is 1. The number of piperidine rings is 1. The van der Waals surface area contributed by atoms with Crippen molar-refractivity contribution in [2.45, 2.75) is 13.3 Å². The molecule has 1 aliphatic rings. The number of carboxylic acid groups (broad SMARTS) is 1. The maximum absolute atomic E-state index is 11.2. The first-order valence-electron chi connectivity index (χ1n) is 6.92. The first kappa shape index (κ1) is 14.2. The average Bonchev–Trinajstić information content (AvgIpc) is 2.89. The molecule has 116 valence electrons. The summed E-state index contributed by atoms with van der Waals surface area (Å²) in [6.07, 6.45) is 1.78. The van der Waals surface area contributed by atoms with Crippen LogP contribution in [0, 0.1) is 22.0 Å². The molecule has 3 heterocycles. The third-order valence-electron chi connectivity index (χ3n) is 3.85. The van der Waals surface area contributed by atoms with E-state index in [2.05, 4.69) is 10.1 Å². The Labute approximate surface area is 125 Å². The Kier molecular flexibility index (Phi) is 3.39. The van der Waals surface area contributed by atoms with Gasteiger partial charge in [0.05, 0.1) is 5.92 Å². The van der Waals surface area contributed by atoms with Gasteiger partial charge in [-0.2, -0.15) is 0 Å². The number of fused-ring (bicyclic) bond motifs is 1. The number of anilines is 1. The highest BCUT2D eigenvalue weighted by Crippen LogP contribution is 2.26. The second kappa shape index (κ2) is 5.24. The highest BCUT2D eigenvalue weighted by molar-refractivity contribution is 5.71. The van der Waals surface area contributed by atoms with Gasteiger partial charge in [0.25, 0.3) is 0 Å². The lowest BCUT2D eigenvalue weighted by Crippen LogP contribution is -2.43. The van der Waals surface area contributed by atoms with Gasteiger partial charge in [0.1, 0.15) is 6.20 Å². The molecule has 1 fully saturated rings. The normalized spacial score (nSPS) is 22.0. The van der Waals surface area contributed by atoms with Crippen LogP contribution in [0.4, 0.5) is 11.6 Å². The van der Waals surface area contributed by atoms with Gasteiger partial charge in [-0.05, 0) is 23.3 Å². The zero-order valence-electron chi connectivity index (χ0n) is 11.9. The van der Waals surface area contributed by atoms with Crippen LogP contribution >= 0.6 is 0 Å². The van der Waals surface area contributed by atoms with Crippen LogP contribution in [0.15, 0.2) is 18.3 Å². The van der Waals surface area contributed by atoms with Crippen molar-refractivity contribution >= 4 is 23.3 Å². The summed E-state index contributed by atoms with van der Waals surface area (Å²) in [6, 6.07) is 3.35. The van der Waals surface area contributed by atoms with E-state index in [1.807, 2.05) is 11.8 Å². The van der Waals surface area contributed by atoms with Crippen molar-refractivity contribution in [2.75, 3.05) is 18.0 Å². The Morgan fingerprint density at radius 1 is 1.45 bits per heavy atom. The quantitative estimate of drug-likeness (QED) is 0.669. The minimum atomic E-state index is -0.828. The molecule has 9 nitrogen and oxygen atoms in total. The maximum atomic E-state index is 11.2. The number of carboxylic acids is 1. The zero-order chi connectivity index (χ0) is 15.9. The summed E-state index contributed by atoms with van der Waals surface area (Å²) in [6.45, 7) is 3.01. The summed E-state index contributed by atoms with van der Waals surface area (Å²) in [4.78, 5) is 27.5. The second-order valence-corrected chi connectivity index (χ2v) is 5.62. The minimum Gasteiger partial charge on any atom is -0.481 e. The van der Waals surface area contributed by atoms with Crippen LogP contribution in [0.5, 0.6) is 0 Å². The standard InChI is InChI=1S/C13H15N5O4/c1-8-4-9(13(19)20)7-16(6-8)11-3-2-10-14-5-12(18(21)22)17(10)15-11/h2-3,5,8-9H,4,6-7H2,1H3,(H,19,20). The van der Waals surface area contributed by atoms with Crippen LogP contribution < -0.4 is 4.90 Å². The van der Waals surface area contributed by atoms with Crippen molar-refractivity contribution in [2.24, 2.45) is 11.8 Å². The predicted octanol–water partition coefficient (Wildman–Crippen LogP) is 1.18. The molecule has 0 bridgehead atoms. The Balaban J connectivity index is 1.96. The number of imidazole rings is 1. The van der Waals surface area contributed by atoms with Crippen molar-refractivity contribution in [1.82, 2.24) is 14.6 Å². The van der Waals surface area contributed by atoms with Crippen molar-refractivity contribution < 1.29 is 14.8 Å². The van der Waals surface area contributed by atoms with Gasteiger partial charge in [-0.15, -0.1) is 0 Å². The molecule has 2 aromatic heterocycles. The third-order valence-corrected chi connectivity index (χ3v) is 3.85. The lowest BCUT2D eigenvalue weighted by molar-refractivity contribution is -0.391. The molecule has 2 aromatic rings. The van der Waals surface area contributed by atoms with E-state index in [4.69, 9.17) is 0 Å². The first-order valence-corrected chi connectivity index (χ1v) is 6.92. The second-order valence-electron chi connectivity index (χ2n) is 5.62. The molecule has 1 N–H and O–H groups in total. The number of carbonyl (C=O) groups is 1. The number of hydrogen-bond donors (Lipinski definition) is 1. The molecule has 3 rings (SSSR count). The number of aromatic nitrogens is 3. The fourth-order valence-corrected chi connectivity index (χ4v) is 2.86. The van der Waals surface area contributed by atoms with Gasteiger partial charge in [-0.3, -0.25) is 4.79 Å². The fraction of sp³-hybridized carbons (Fsp3) is 0.462. The van der Waals surface area contributed by atoms with E-state index >= 15 is 0 Å². The van der Waals surface area contributed by atoms with Gasteiger partial charge >= 0.3 is 11.8 Å². The van der Waals surface area contributed by atoms with Crippen LogP contribution in [-0.4, -0.2) is 43.7 Å². The minimum absolute atomic E-state index is 0.211. The summed E-state index contributed by atoms with van der Waals surface area (Å²) in [5.41, 5.74) is 0.385. The van der Waals surface area contributed by atoms with E-state index in [-0.39, 0.29) is 11.7 Å². The Hall–Kier alpha value is -2.71. The largest absolute Gasteiger partial charge is 0.481 e. The smallest absolute Gasteiger partial charge is 0.368 e. The van der Waals surface area contributed by atoms with Crippen LogP contribution in [0.25, 0.3) is 5.65 Å². The molecule has 0 saturated carbocycles. The van der Waals surface area contributed by atoms with Gasteiger partial charge in [0.15, 0.2) is 5.82 Å². The Morgan fingerprint density at radius 3 is 2.91 bits per heavy atom. The molecule has 1 aliphatic heterocycles. The SMILES string of the molecule is CC1CC(C(=O)O)CN(c2ccc3ncc([N+](=O)[O-])n3n2)C1. The Morgan fingerprint density at radius 2 is 2.23 bits per heavy atom. The van der Waals surface area contributed by atoms with Gasteiger partial charge in [-0.25, -0.2) is 4.98 Å². The molecular weight excluding hydrogens is 290 g/mol. The molecule has 1 saturated heterocycles. The molecule has 22 heavy (non-hydrogen) atoms. The fourth-order valence-electron chi connectivity index (χ4n) is 2.86. The number of aliphatic carboxylic acids is 1. The molecule has 0 aliphatic carbocycles. The molecule has 0 radical (unpaired) electrons. The summed E-state index contributed by atoms with van der Waals surface area (Å²) in [5.74, 6) is -0.765. The maximum Gasteiger partial charge on any atom is 0.368 e. The third kappa shape index (κ3) is 2.45. The lowest BCUT2D eigenvalue weighted by atomic mass is 9.90. The monoisotopic (exact) mass is 305 g/mol. The molecule has 9 heteroatoms. The number of nitrogens with zero attached hydrogens (tertiary/aromatic N) is 5. The molecule has 0 amide bonds. The molecule has 2 unspecified atom stereocenters. The first-order chi connectivity index (χ1) is 10.5. The van der Waals surface area contributed by atoms with E-state index in [1.54, 1.807) is 12.1 Å². The summed E-state index contributed by atoms with van der Waals surface area (Å²) in [5, 5.41) is 24.4. The van der Waals surface area contributed by atoms with Gasteiger partial charge < -0.3 is 20.1 Å². The van der Waals surface area contributed by atoms with Crippen molar-refractivity contribution in [3.05, 3.63) is 28.4 Å². The summed E-state index contributed by atoms with van der Waals surface area (Å²) < 4.78 is 1.17. The zero-order valence-corrected chi connectivity index (χ0v) is 11.9. The van der Waals surface area contributed by atoms with Crippen LogP contribution in [-0.2, 0) is 4.79 Å². The van der Waals surface area contributed by atoms with Gasteiger partial charge in [0.2, 0.25) is 5.65 Å². The molecule has 2 atom stereocenters. The van der Waals surface area contributed by atoms with Crippen LogP contribution in [0.2, 0.25) is 0 Å². The molecule has 0 aromatic carbocycles. The van der Waals surface area contributed by atoms with Crippen LogP contribution in [0.1, 0.15) is 13.3 Å². The highest BCUT2D eigenvalue weighted by atomic mass is 16.6. The summed E-state index contributed by atoms with van der Waals surface area (Å²) >= 11 is 0. The van der Waals surface area contributed by atoms with Crippen LogP contribution in [0.3, 0.4) is 0 Å². The summed E-state index contributed by atoms with van der Waals surface area (Å²) in [7, 11) is 0. The van der Waals surface area contributed by atoms with E-state index < -0.39 is 16.8 Å². The van der Waals surface area contributed by atoms with E-state index in [0.717, 1.165) is 6.20 Å². The number of hydrogen-bond acceptors (Lipinski definition) is 6. The van der Waals surface area contributed by atoms with E-state index in [1.165, 1.54) is 4.52 Å².